The van der Waals surface area contributed by atoms with Crippen molar-refractivity contribution >= 4 is 6.08 Å². The van der Waals surface area contributed by atoms with Crippen LogP contribution in [0.3, 0.4) is 0 Å². The van der Waals surface area contributed by atoms with Gasteiger partial charge in [0.25, 0.3) is 0 Å². The normalized spacial score (nSPS) is 18.0. The van der Waals surface area contributed by atoms with Crippen LogP contribution in [0.5, 0.6) is 0 Å². The highest BCUT2D eigenvalue weighted by atomic mass is 16.1. The molecule has 4 heteroatoms. The fourth-order valence-corrected chi connectivity index (χ4v) is 1.82. The first-order chi connectivity index (χ1) is 6.19. The van der Waals surface area contributed by atoms with Gasteiger partial charge in [0.05, 0.1) is 11.9 Å². The molecule has 1 heterocycles. The van der Waals surface area contributed by atoms with E-state index >= 15 is 0 Å². The van der Waals surface area contributed by atoms with Crippen molar-refractivity contribution in [3.8, 4) is 0 Å². The fourth-order valence-electron chi connectivity index (χ4n) is 1.82. The molecule has 13 heavy (non-hydrogen) atoms. The van der Waals surface area contributed by atoms with Gasteiger partial charge in [-0.15, -0.1) is 0 Å². The second kappa shape index (κ2) is 2.54. The highest BCUT2D eigenvalue weighted by Gasteiger charge is 2.48. The second-order valence-corrected chi connectivity index (χ2v) is 3.53. The van der Waals surface area contributed by atoms with Crippen molar-refractivity contribution in [2.75, 3.05) is 0 Å². The van der Waals surface area contributed by atoms with Crippen molar-refractivity contribution in [3.05, 3.63) is 17.5 Å². The third-order valence-electron chi connectivity index (χ3n) is 2.55. The lowest BCUT2D eigenvalue weighted by Crippen LogP contribution is -2.11. The highest BCUT2D eigenvalue weighted by Crippen LogP contribution is 2.49. The molecule has 1 aliphatic carbocycles. The molecule has 0 unspecified atom stereocenters. The van der Waals surface area contributed by atoms with Crippen LogP contribution in [-0.4, -0.2) is 15.9 Å². The summed E-state index contributed by atoms with van der Waals surface area (Å²) in [5, 5.41) is 4.13. The van der Waals surface area contributed by atoms with E-state index in [2.05, 4.69) is 10.1 Å². The summed E-state index contributed by atoms with van der Waals surface area (Å²) in [6.45, 7) is 1.99. The molecule has 0 saturated heterocycles. The summed E-state index contributed by atoms with van der Waals surface area (Å²) in [6, 6.07) is 0. The SMILES string of the molecule is Cc1cnn(C)c1C1(N=C=O)CC1. The lowest BCUT2D eigenvalue weighted by Gasteiger charge is -2.09. The van der Waals surface area contributed by atoms with Crippen LogP contribution in [0, 0.1) is 6.92 Å². The Morgan fingerprint density at radius 2 is 2.38 bits per heavy atom. The number of hydrogen-bond donors (Lipinski definition) is 0. The van der Waals surface area contributed by atoms with Gasteiger partial charge in [0.15, 0.2) is 0 Å². The number of aliphatic imine (C=N–C) groups is 1. The van der Waals surface area contributed by atoms with E-state index in [0.29, 0.717) is 0 Å². The number of aryl methyl sites for hydroxylation is 2. The Balaban J connectivity index is 2.51. The molecule has 1 aromatic rings. The van der Waals surface area contributed by atoms with Crippen molar-refractivity contribution in [1.82, 2.24) is 9.78 Å². The van der Waals surface area contributed by atoms with Crippen molar-refractivity contribution in [1.29, 1.82) is 0 Å². The Labute approximate surface area is 76.3 Å². The van der Waals surface area contributed by atoms with Crippen LogP contribution in [0.15, 0.2) is 11.2 Å². The molecular formula is C9H11N3O. The predicted molar refractivity (Wildman–Crippen MR) is 47.0 cm³/mol. The van der Waals surface area contributed by atoms with Gasteiger partial charge in [0.2, 0.25) is 6.08 Å². The summed E-state index contributed by atoms with van der Waals surface area (Å²) in [7, 11) is 1.88. The van der Waals surface area contributed by atoms with Crippen LogP contribution in [0.4, 0.5) is 0 Å². The van der Waals surface area contributed by atoms with Gasteiger partial charge in [-0.25, -0.2) is 4.79 Å². The molecule has 0 amide bonds. The van der Waals surface area contributed by atoms with Crippen LogP contribution in [0.1, 0.15) is 24.1 Å². The van der Waals surface area contributed by atoms with Crippen LogP contribution in [0.2, 0.25) is 0 Å². The number of isocyanates is 1. The Bertz CT molecular complexity index is 364. The molecule has 0 aromatic carbocycles. The maximum atomic E-state index is 10.3. The van der Waals surface area contributed by atoms with E-state index in [1.54, 1.807) is 17.0 Å². The topological polar surface area (TPSA) is 47.2 Å². The van der Waals surface area contributed by atoms with Gasteiger partial charge < -0.3 is 0 Å². The first kappa shape index (κ1) is 8.20. The lowest BCUT2D eigenvalue weighted by molar-refractivity contribution is 0.549. The maximum Gasteiger partial charge on any atom is 0.235 e. The highest BCUT2D eigenvalue weighted by molar-refractivity contribution is 5.41. The minimum Gasteiger partial charge on any atom is -0.270 e. The van der Waals surface area contributed by atoms with Crippen molar-refractivity contribution in [2.24, 2.45) is 12.0 Å². The van der Waals surface area contributed by atoms with E-state index < -0.39 is 0 Å². The molecule has 0 atom stereocenters. The monoisotopic (exact) mass is 177 g/mol. The summed E-state index contributed by atoms with van der Waals surface area (Å²) in [6.07, 6.45) is 5.31. The molecule has 0 aliphatic heterocycles. The maximum absolute atomic E-state index is 10.3. The Morgan fingerprint density at radius 3 is 2.77 bits per heavy atom. The van der Waals surface area contributed by atoms with Crippen LogP contribution < -0.4 is 0 Å². The van der Waals surface area contributed by atoms with Gasteiger partial charge >= 0.3 is 0 Å². The average molecular weight is 177 g/mol. The molecule has 68 valence electrons. The Hall–Kier alpha value is -1.41. The first-order valence-corrected chi connectivity index (χ1v) is 4.28. The standard InChI is InChI=1S/C9H11N3O/c1-7-5-11-12(2)8(7)9(3-4-9)10-6-13/h5H,3-4H2,1-2H3. The minimum absolute atomic E-state index is 0.295. The Morgan fingerprint density at radius 1 is 1.69 bits per heavy atom. The number of rotatable bonds is 2. The van der Waals surface area contributed by atoms with E-state index in [1.807, 2.05) is 14.0 Å². The zero-order valence-corrected chi connectivity index (χ0v) is 7.74. The van der Waals surface area contributed by atoms with Gasteiger partial charge in [-0.1, -0.05) is 0 Å². The quantitative estimate of drug-likeness (QED) is 0.500. The summed E-state index contributed by atoms with van der Waals surface area (Å²) >= 11 is 0. The van der Waals surface area contributed by atoms with Crippen LogP contribution >= 0.6 is 0 Å². The van der Waals surface area contributed by atoms with Crippen molar-refractivity contribution < 1.29 is 4.79 Å². The smallest absolute Gasteiger partial charge is 0.235 e. The molecule has 1 aromatic heterocycles. The van der Waals surface area contributed by atoms with E-state index in [0.717, 1.165) is 24.1 Å². The zero-order chi connectivity index (χ0) is 9.47. The van der Waals surface area contributed by atoms with Gasteiger partial charge in [0, 0.05) is 7.05 Å². The third kappa shape index (κ3) is 1.11. The Kier molecular flexibility index (Phi) is 1.60. The first-order valence-electron chi connectivity index (χ1n) is 4.28. The van der Waals surface area contributed by atoms with Gasteiger partial charge in [-0.3, -0.25) is 4.68 Å². The van der Waals surface area contributed by atoms with Crippen molar-refractivity contribution in [3.63, 3.8) is 0 Å². The number of aromatic nitrogens is 2. The van der Waals surface area contributed by atoms with Gasteiger partial charge in [-0.2, -0.15) is 10.1 Å². The molecule has 0 bridgehead atoms. The molecule has 1 fully saturated rings. The largest absolute Gasteiger partial charge is 0.270 e. The molecule has 2 rings (SSSR count). The molecule has 0 spiro atoms. The van der Waals surface area contributed by atoms with Gasteiger partial charge in [0.1, 0.15) is 5.54 Å². The summed E-state index contributed by atoms with van der Waals surface area (Å²) in [5.74, 6) is 0. The predicted octanol–water partition coefficient (Wildman–Crippen LogP) is 1.05. The van der Waals surface area contributed by atoms with Crippen LogP contribution in [-0.2, 0) is 17.4 Å². The summed E-state index contributed by atoms with van der Waals surface area (Å²) < 4.78 is 1.79. The van der Waals surface area contributed by atoms with E-state index in [1.165, 1.54) is 0 Å². The molecular weight excluding hydrogens is 166 g/mol. The third-order valence-corrected chi connectivity index (χ3v) is 2.55. The summed E-state index contributed by atoms with van der Waals surface area (Å²) in [5.41, 5.74) is 1.85. The molecule has 4 nitrogen and oxygen atoms in total. The zero-order valence-electron chi connectivity index (χ0n) is 7.74. The molecule has 1 saturated carbocycles. The molecule has 1 aliphatic rings. The average Bonchev–Trinajstić information content (AvgIpc) is 2.76. The number of carbonyl (C=O) groups excluding carboxylic acids is 1. The van der Waals surface area contributed by atoms with Crippen LogP contribution in [0.25, 0.3) is 0 Å². The van der Waals surface area contributed by atoms with E-state index in [9.17, 15) is 4.79 Å². The van der Waals surface area contributed by atoms with E-state index in [-0.39, 0.29) is 5.54 Å². The lowest BCUT2D eigenvalue weighted by atomic mass is 10.1. The molecule has 0 N–H and O–H groups in total. The van der Waals surface area contributed by atoms with Gasteiger partial charge in [-0.05, 0) is 25.3 Å². The fraction of sp³-hybridized carbons (Fsp3) is 0.556. The molecule has 0 radical (unpaired) electrons. The minimum atomic E-state index is -0.295. The van der Waals surface area contributed by atoms with E-state index in [4.69, 9.17) is 0 Å². The number of hydrogen-bond acceptors (Lipinski definition) is 3. The number of nitrogens with zero attached hydrogens (tertiary/aromatic N) is 3. The summed E-state index contributed by atoms with van der Waals surface area (Å²) in [4.78, 5) is 14.1. The van der Waals surface area contributed by atoms with Crippen molar-refractivity contribution in [2.45, 2.75) is 25.3 Å². The second-order valence-electron chi connectivity index (χ2n) is 3.53.